The largest absolute Gasteiger partial charge is 0.410 e. The number of carbonyl (C=O) groups is 1. The molecule has 1 aliphatic rings. The molecule has 0 aliphatic carbocycles. The molecule has 0 unspecified atom stereocenters. The zero-order chi connectivity index (χ0) is 15.9. The Kier molecular flexibility index (Phi) is 4.00. The van der Waals surface area contributed by atoms with Gasteiger partial charge in [0.25, 0.3) is 5.91 Å². The molecule has 0 aromatic heterocycles. The lowest BCUT2D eigenvalue weighted by Gasteiger charge is -2.18. The number of rotatable bonds is 2. The first-order valence-electron chi connectivity index (χ1n) is 6.29. The van der Waals surface area contributed by atoms with Crippen molar-refractivity contribution in [1.29, 1.82) is 0 Å². The van der Waals surface area contributed by atoms with Crippen LogP contribution in [0.2, 0.25) is 15.1 Å². The number of hydrogen-bond acceptors (Lipinski definition) is 3. The van der Waals surface area contributed by atoms with Crippen molar-refractivity contribution >= 4 is 52.1 Å². The molecule has 0 saturated carbocycles. The molecular weight excluding hydrogens is 347 g/mol. The van der Waals surface area contributed by atoms with Crippen molar-refractivity contribution in [2.45, 2.75) is 6.54 Å². The van der Waals surface area contributed by atoms with Crippen LogP contribution in [0.15, 0.2) is 41.6 Å². The van der Waals surface area contributed by atoms with Crippen molar-refractivity contribution in [1.82, 2.24) is 0 Å². The van der Waals surface area contributed by atoms with Gasteiger partial charge in [0.1, 0.15) is 0 Å². The summed E-state index contributed by atoms with van der Waals surface area (Å²) in [5, 5.41) is 13.6. The first-order chi connectivity index (χ1) is 10.5. The number of amides is 1. The minimum Gasteiger partial charge on any atom is -0.410 e. The summed E-state index contributed by atoms with van der Waals surface area (Å²) in [6, 6.07) is 10.1. The van der Waals surface area contributed by atoms with E-state index in [2.05, 4.69) is 5.16 Å². The number of benzene rings is 2. The summed E-state index contributed by atoms with van der Waals surface area (Å²) in [7, 11) is 0. The van der Waals surface area contributed by atoms with Crippen molar-refractivity contribution in [3.63, 3.8) is 0 Å². The summed E-state index contributed by atoms with van der Waals surface area (Å²) >= 11 is 18.3. The number of oxime groups is 1. The Balaban J connectivity index is 2.08. The average Bonchev–Trinajstić information content (AvgIpc) is 2.74. The molecule has 7 heteroatoms. The van der Waals surface area contributed by atoms with Crippen molar-refractivity contribution < 1.29 is 10.0 Å². The SMILES string of the molecule is O=C1/C(=N\O)c2cc(Cl)ccc2N1Cc1c(Cl)cccc1Cl. The highest BCUT2D eigenvalue weighted by Crippen LogP contribution is 2.35. The summed E-state index contributed by atoms with van der Waals surface area (Å²) in [5.41, 5.74) is 1.64. The zero-order valence-electron chi connectivity index (χ0n) is 11.1. The van der Waals surface area contributed by atoms with E-state index in [-0.39, 0.29) is 12.3 Å². The van der Waals surface area contributed by atoms with E-state index < -0.39 is 5.91 Å². The summed E-state index contributed by atoms with van der Waals surface area (Å²) in [6.07, 6.45) is 0. The number of carbonyl (C=O) groups excluding carboxylic acids is 1. The molecule has 3 rings (SSSR count). The molecule has 4 nitrogen and oxygen atoms in total. The van der Waals surface area contributed by atoms with Gasteiger partial charge < -0.3 is 10.1 Å². The Morgan fingerprint density at radius 1 is 1.09 bits per heavy atom. The Morgan fingerprint density at radius 3 is 2.41 bits per heavy atom. The van der Waals surface area contributed by atoms with Crippen LogP contribution in [0.5, 0.6) is 0 Å². The highest BCUT2D eigenvalue weighted by molar-refractivity contribution is 6.54. The molecule has 0 fully saturated rings. The molecule has 0 atom stereocenters. The first-order valence-corrected chi connectivity index (χ1v) is 7.43. The molecule has 1 amide bonds. The molecule has 0 bridgehead atoms. The Morgan fingerprint density at radius 2 is 1.77 bits per heavy atom. The highest BCUT2D eigenvalue weighted by Gasteiger charge is 2.35. The third kappa shape index (κ3) is 2.43. The molecule has 0 spiro atoms. The molecule has 112 valence electrons. The van der Waals surface area contributed by atoms with Crippen molar-refractivity contribution in [3.8, 4) is 0 Å². The van der Waals surface area contributed by atoms with E-state index in [4.69, 9.17) is 40.0 Å². The maximum Gasteiger partial charge on any atom is 0.281 e. The molecule has 2 aromatic carbocycles. The molecule has 1 N–H and O–H groups in total. The van der Waals surface area contributed by atoms with Gasteiger partial charge in [-0.3, -0.25) is 4.79 Å². The summed E-state index contributed by atoms with van der Waals surface area (Å²) in [4.78, 5) is 13.9. The molecule has 2 aromatic rings. The predicted molar refractivity (Wildman–Crippen MR) is 87.4 cm³/mol. The van der Waals surface area contributed by atoms with E-state index in [1.807, 2.05) is 0 Å². The second kappa shape index (κ2) is 5.80. The summed E-state index contributed by atoms with van der Waals surface area (Å²) < 4.78 is 0. The van der Waals surface area contributed by atoms with Crippen LogP contribution in [-0.4, -0.2) is 16.8 Å². The Bertz CT molecular complexity index is 785. The summed E-state index contributed by atoms with van der Waals surface area (Å²) in [6.45, 7) is 0.172. The number of anilines is 1. The van der Waals surface area contributed by atoms with Crippen molar-refractivity contribution in [2.75, 3.05) is 4.90 Å². The molecule has 0 radical (unpaired) electrons. The monoisotopic (exact) mass is 354 g/mol. The third-order valence-electron chi connectivity index (χ3n) is 3.43. The maximum absolute atomic E-state index is 12.4. The normalized spacial score (nSPS) is 15.5. The van der Waals surface area contributed by atoms with E-state index in [0.29, 0.717) is 31.9 Å². The van der Waals surface area contributed by atoms with E-state index in [1.165, 1.54) is 4.90 Å². The number of nitrogens with zero attached hydrogens (tertiary/aromatic N) is 2. The fraction of sp³-hybridized carbons (Fsp3) is 0.0667. The minimum absolute atomic E-state index is 0.0549. The molecule has 1 heterocycles. The van der Waals surface area contributed by atoms with Crippen LogP contribution >= 0.6 is 34.8 Å². The quantitative estimate of drug-likeness (QED) is 0.642. The van der Waals surface area contributed by atoms with Gasteiger partial charge in [-0.15, -0.1) is 0 Å². The maximum atomic E-state index is 12.4. The van der Waals surface area contributed by atoms with Crippen LogP contribution in [0, 0.1) is 0 Å². The molecule has 22 heavy (non-hydrogen) atoms. The van der Waals surface area contributed by atoms with Crippen LogP contribution in [0.1, 0.15) is 11.1 Å². The van der Waals surface area contributed by atoms with Gasteiger partial charge in [0, 0.05) is 26.2 Å². The molecule has 0 saturated heterocycles. The van der Waals surface area contributed by atoms with Gasteiger partial charge in [-0.1, -0.05) is 46.0 Å². The minimum atomic E-state index is -0.434. The van der Waals surface area contributed by atoms with E-state index in [9.17, 15) is 4.79 Å². The zero-order valence-corrected chi connectivity index (χ0v) is 13.3. The van der Waals surface area contributed by atoms with Gasteiger partial charge in [0.2, 0.25) is 0 Å². The second-order valence-corrected chi connectivity index (χ2v) is 5.95. The Hall–Kier alpha value is -1.75. The van der Waals surface area contributed by atoms with E-state index >= 15 is 0 Å². The van der Waals surface area contributed by atoms with Gasteiger partial charge in [-0.05, 0) is 30.3 Å². The average molecular weight is 356 g/mol. The van der Waals surface area contributed by atoms with Crippen LogP contribution in [0.25, 0.3) is 0 Å². The topological polar surface area (TPSA) is 52.9 Å². The number of fused-ring (bicyclic) bond motifs is 1. The third-order valence-corrected chi connectivity index (χ3v) is 4.37. The standard InChI is InChI=1S/C15H9Cl3N2O2/c16-8-4-5-13-9(6-8)14(19-22)15(21)20(13)7-10-11(17)2-1-3-12(10)18/h1-6,22H,7H2/b19-14-. The molecular formula is C15H9Cl3N2O2. The van der Waals surface area contributed by atoms with Crippen molar-refractivity contribution in [3.05, 3.63) is 62.6 Å². The summed E-state index contributed by atoms with van der Waals surface area (Å²) in [5.74, 6) is -0.434. The van der Waals surface area contributed by atoms with Crippen LogP contribution in [0.4, 0.5) is 5.69 Å². The van der Waals surface area contributed by atoms with Gasteiger partial charge in [-0.2, -0.15) is 0 Å². The lowest BCUT2D eigenvalue weighted by atomic mass is 10.1. The van der Waals surface area contributed by atoms with Gasteiger partial charge >= 0.3 is 0 Å². The van der Waals surface area contributed by atoms with Gasteiger partial charge in [0.05, 0.1) is 12.2 Å². The van der Waals surface area contributed by atoms with E-state index in [0.717, 1.165) is 0 Å². The van der Waals surface area contributed by atoms with E-state index in [1.54, 1.807) is 36.4 Å². The molecule has 1 aliphatic heterocycles. The first kappa shape index (κ1) is 15.2. The number of halogens is 3. The van der Waals surface area contributed by atoms with Crippen LogP contribution < -0.4 is 4.90 Å². The predicted octanol–water partition coefficient (Wildman–Crippen LogP) is 4.37. The van der Waals surface area contributed by atoms with Gasteiger partial charge in [0.15, 0.2) is 5.71 Å². The van der Waals surface area contributed by atoms with Crippen LogP contribution in [0.3, 0.4) is 0 Å². The smallest absolute Gasteiger partial charge is 0.281 e. The lowest BCUT2D eigenvalue weighted by molar-refractivity contribution is -0.112. The fourth-order valence-corrected chi connectivity index (χ4v) is 3.07. The van der Waals surface area contributed by atoms with Crippen molar-refractivity contribution in [2.24, 2.45) is 5.16 Å². The Labute approximate surface area is 141 Å². The second-order valence-electron chi connectivity index (χ2n) is 4.70. The van der Waals surface area contributed by atoms with Gasteiger partial charge in [-0.25, -0.2) is 0 Å². The number of hydrogen-bond donors (Lipinski definition) is 1. The fourth-order valence-electron chi connectivity index (χ4n) is 2.38. The van der Waals surface area contributed by atoms with Crippen LogP contribution in [-0.2, 0) is 11.3 Å². The highest BCUT2D eigenvalue weighted by atomic mass is 35.5. The lowest BCUT2D eigenvalue weighted by Crippen LogP contribution is -2.29.